The van der Waals surface area contributed by atoms with Gasteiger partial charge >= 0.3 is 0 Å². The molecule has 27 heavy (non-hydrogen) atoms. The number of ether oxygens (including phenoxy) is 1. The summed E-state index contributed by atoms with van der Waals surface area (Å²) >= 11 is 0. The van der Waals surface area contributed by atoms with Crippen molar-refractivity contribution in [2.24, 2.45) is 0 Å². The number of nitrogens with zero attached hydrogens (tertiary/aromatic N) is 2. The van der Waals surface area contributed by atoms with Crippen LogP contribution in [0.3, 0.4) is 0 Å². The van der Waals surface area contributed by atoms with E-state index in [9.17, 15) is 22.0 Å². The lowest BCUT2D eigenvalue weighted by Crippen LogP contribution is -2.50. The Bertz CT molecular complexity index is 940. The van der Waals surface area contributed by atoms with E-state index in [4.69, 9.17) is 4.74 Å². The van der Waals surface area contributed by atoms with E-state index in [2.05, 4.69) is 0 Å². The van der Waals surface area contributed by atoms with Crippen LogP contribution < -0.4 is 4.74 Å². The third-order valence-electron chi connectivity index (χ3n) is 4.38. The van der Waals surface area contributed by atoms with Gasteiger partial charge in [0, 0.05) is 31.7 Å². The minimum Gasteiger partial charge on any atom is -0.494 e. The molecule has 0 unspecified atom stereocenters. The maximum Gasteiger partial charge on any atom is 0.253 e. The van der Waals surface area contributed by atoms with E-state index in [1.165, 1.54) is 54.5 Å². The van der Waals surface area contributed by atoms with Crippen molar-refractivity contribution in [1.29, 1.82) is 0 Å². The van der Waals surface area contributed by atoms with Gasteiger partial charge < -0.3 is 9.64 Å². The quantitative estimate of drug-likeness (QED) is 0.794. The van der Waals surface area contributed by atoms with Crippen LogP contribution in [0.1, 0.15) is 10.4 Å². The molecule has 144 valence electrons. The van der Waals surface area contributed by atoms with Crippen LogP contribution in [0, 0.1) is 11.6 Å². The van der Waals surface area contributed by atoms with Crippen molar-refractivity contribution < 1.29 is 26.7 Å². The van der Waals surface area contributed by atoms with Crippen LogP contribution in [0.4, 0.5) is 8.78 Å². The van der Waals surface area contributed by atoms with Gasteiger partial charge in [-0.2, -0.15) is 4.31 Å². The first-order valence-electron chi connectivity index (χ1n) is 8.22. The van der Waals surface area contributed by atoms with Crippen LogP contribution in [-0.2, 0) is 10.0 Å². The molecule has 1 aliphatic heterocycles. The van der Waals surface area contributed by atoms with Crippen molar-refractivity contribution >= 4 is 15.9 Å². The number of methoxy groups -OCH3 is 1. The van der Waals surface area contributed by atoms with E-state index in [-0.39, 0.29) is 37.8 Å². The number of carbonyl (C=O) groups is 1. The lowest BCUT2D eigenvalue weighted by atomic mass is 10.2. The zero-order valence-corrected chi connectivity index (χ0v) is 15.4. The van der Waals surface area contributed by atoms with E-state index in [1.54, 1.807) is 0 Å². The van der Waals surface area contributed by atoms with Gasteiger partial charge in [0.25, 0.3) is 5.91 Å². The van der Waals surface area contributed by atoms with Crippen LogP contribution in [-0.4, -0.2) is 56.8 Å². The number of sulfonamides is 1. The van der Waals surface area contributed by atoms with Crippen molar-refractivity contribution in [2.45, 2.75) is 4.90 Å². The number of hydrogen-bond acceptors (Lipinski definition) is 4. The lowest BCUT2D eigenvalue weighted by molar-refractivity contribution is 0.0697. The first-order chi connectivity index (χ1) is 12.8. The molecule has 2 aromatic rings. The van der Waals surface area contributed by atoms with Crippen LogP contribution in [0.15, 0.2) is 47.4 Å². The number of carbonyl (C=O) groups excluding carboxylic acids is 1. The zero-order valence-electron chi connectivity index (χ0n) is 14.6. The summed E-state index contributed by atoms with van der Waals surface area (Å²) in [5.41, 5.74) is 0.326. The molecule has 0 aliphatic carbocycles. The maximum atomic E-state index is 14.4. The molecule has 0 aromatic heterocycles. The van der Waals surface area contributed by atoms with Crippen LogP contribution in [0.25, 0.3) is 0 Å². The molecule has 0 radical (unpaired) electrons. The highest BCUT2D eigenvalue weighted by atomic mass is 32.2. The molecule has 3 rings (SSSR count). The summed E-state index contributed by atoms with van der Waals surface area (Å²) in [6.07, 6.45) is 0. The monoisotopic (exact) mass is 396 g/mol. The fourth-order valence-electron chi connectivity index (χ4n) is 2.89. The summed E-state index contributed by atoms with van der Waals surface area (Å²) in [7, 11) is -2.80. The Morgan fingerprint density at radius 2 is 1.63 bits per heavy atom. The molecular formula is C18H18F2N2O4S. The second-order valence-electron chi connectivity index (χ2n) is 5.98. The Morgan fingerprint density at radius 1 is 1.00 bits per heavy atom. The molecule has 1 fully saturated rings. The highest BCUT2D eigenvalue weighted by molar-refractivity contribution is 7.89. The first kappa shape index (κ1) is 19.2. The molecule has 6 nitrogen and oxygen atoms in total. The third kappa shape index (κ3) is 3.79. The number of benzene rings is 2. The first-order valence-corrected chi connectivity index (χ1v) is 9.66. The molecule has 1 aliphatic rings. The second kappa shape index (κ2) is 7.61. The molecular weight excluding hydrogens is 378 g/mol. The predicted molar refractivity (Wildman–Crippen MR) is 94.0 cm³/mol. The SMILES string of the molecule is COc1cccc(S(=O)(=O)N2CCN(C(=O)c3ccc(F)cc3)CC2)c1F. The Balaban J connectivity index is 1.73. The van der Waals surface area contributed by atoms with E-state index >= 15 is 0 Å². The van der Waals surface area contributed by atoms with Crippen molar-refractivity contribution in [3.05, 3.63) is 59.7 Å². The fraction of sp³-hybridized carbons (Fsp3) is 0.278. The normalized spacial score (nSPS) is 15.6. The Hall–Kier alpha value is -2.52. The number of halogens is 2. The van der Waals surface area contributed by atoms with Gasteiger partial charge in [-0.1, -0.05) is 6.07 Å². The van der Waals surface area contributed by atoms with Gasteiger partial charge in [-0.3, -0.25) is 4.79 Å². The average Bonchev–Trinajstić information content (AvgIpc) is 2.68. The van der Waals surface area contributed by atoms with Gasteiger partial charge in [-0.25, -0.2) is 17.2 Å². The Labute approximate surface area is 156 Å². The molecule has 1 amide bonds. The van der Waals surface area contributed by atoms with E-state index < -0.39 is 26.6 Å². The summed E-state index contributed by atoms with van der Waals surface area (Å²) in [4.78, 5) is 13.5. The second-order valence-corrected chi connectivity index (χ2v) is 7.88. The molecule has 0 saturated carbocycles. The third-order valence-corrected chi connectivity index (χ3v) is 6.30. The van der Waals surface area contributed by atoms with Crippen molar-refractivity contribution in [2.75, 3.05) is 33.3 Å². The molecule has 0 spiro atoms. The van der Waals surface area contributed by atoms with Gasteiger partial charge in [0.15, 0.2) is 11.6 Å². The van der Waals surface area contributed by atoms with Crippen molar-refractivity contribution in [1.82, 2.24) is 9.21 Å². The summed E-state index contributed by atoms with van der Waals surface area (Å²) in [5, 5.41) is 0. The van der Waals surface area contributed by atoms with Crippen LogP contribution >= 0.6 is 0 Å². The summed E-state index contributed by atoms with van der Waals surface area (Å²) < 4.78 is 58.8. The van der Waals surface area contributed by atoms with E-state index in [0.29, 0.717) is 5.56 Å². The minimum atomic E-state index is -4.05. The van der Waals surface area contributed by atoms with Gasteiger partial charge in [0.2, 0.25) is 10.0 Å². The molecule has 0 atom stereocenters. The van der Waals surface area contributed by atoms with Crippen molar-refractivity contribution in [3.63, 3.8) is 0 Å². The zero-order chi connectivity index (χ0) is 19.6. The molecule has 1 saturated heterocycles. The molecule has 0 bridgehead atoms. The van der Waals surface area contributed by atoms with Gasteiger partial charge in [-0.05, 0) is 36.4 Å². The topological polar surface area (TPSA) is 66.9 Å². The molecule has 2 aromatic carbocycles. The summed E-state index contributed by atoms with van der Waals surface area (Å²) in [6, 6.07) is 9.08. The summed E-state index contributed by atoms with van der Waals surface area (Å²) in [5.74, 6) is -1.84. The number of rotatable bonds is 4. The maximum absolute atomic E-state index is 14.4. The highest BCUT2D eigenvalue weighted by Crippen LogP contribution is 2.27. The standard InChI is InChI=1S/C18H18F2N2O4S/c1-26-15-3-2-4-16(17(15)20)27(24,25)22-11-9-21(10-12-22)18(23)13-5-7-14(19)8-6-13/h2-8H,9-12H2,1H3. The molecule has 1 heterocycles. The smallest absolute Gasteiger partial charge is 0.253 e. The Kier molecular flexibility index (Phi) is 5.43. The van der Waals surface area contributed by atoms with Crippen LogP contribution in [0.5, 0.6) is 5.75 Å². The van der Waals surface area contributed by atoms with Gasteiger partial charge in [0.05, 0.1) is 7.11 Å². The van der Waals surface area contributed by atoms with E-state index in [1.807, 2.05) is 0 Å². The van der Waals surface area contributed by atoms with Gasteiger partial charge in [-0.15, -0.1) is 0 Å². The van der Waals surface area contributed by atoms with E-state index in [0.717, 1.165) is 4.31 Å². The highest BCUT2D eigenvalue weighted by Gasteiger charge is 2.33. The Morgan fingerprint density at radius 3 is 2.22 bits per heavy atom. The van der Waals surface area contributed by atoms with Gasteiger partial charge in [0.1, 0.15) is 10.7 Å². The average molecular weight is 396 g/mol. The van der Waals surface area contributed by atoms with Crippen LogP contribution in [0.2, 0.25) is 0 Å². The molecule has 0 N–H and O–H groups in total. The summed E-state index contributed by atoms with van der Waals surface area (Å²) in [6.45, 7) is 0.375. The largest absolute Gasteiger partial charge is 0.494 e. The van der Waals surface area contributed by atoms with Crippen molar-refractivity contribution in [3.8, 4) is 5.75 Å². The fourth-order valence-corrected chi connectivity index (χ4v) is 4.39. The molecule has 9 heteroatoms. The minimum absolute atomic E-state index is 0.0336. The number of hydrogen-bond donors (Lipinski definition) is 0. The predicted octanol–water partition coefficient (Wildman–Crippen LogP) is 2.12. The lowest BCUT2D eigenvalue weighted by Gasteiger charge is -2.34. The number of amides is 1. The number of piperazine rings is 1.